The molecule has 0 unspecified atom stereocenters. The van der Waals surface area contributed by atoms with Gasteiger partial charge in [0.2, 0.25) is 0 Å². The Kier molecular flexibility index (Phi) is 4.29. The topological polar surface area (TPSA) is 64.4 Å². The quantitative estimate of drug-likeness (QED) is 0.854. The molecule has 1 N–H and O–H groups in total. The molecule has 0 aliphatic carbocycles. The second-order valence-corrected chi connectivity index (χ2v) is 3.85. The zero-order valence-corrected chi connectivity index (χ0v) is 10.7. The number of nitrogens with zero attached hydrogens (tertiary/aromatic N) is 1. The van der Waals surface area contributed by atoms with Crippen LogP contribution in [0.4, 0.5) is 14.8 Å². The fourth-order valence-electron chi connectivity index (χ4n) is 1.50. The van der Waals surface area contributed by atoms with E-state index in [-0.39, 0.29) is 30.4 Å². The van der Waals surface area contributed by atoms with Gasteiger partial charge in [-0.1, -0.05) is 0 Å². The molecule has 0 saturated carbocycles. The van der Waals surface area contributed by atoms with Crippen LogP contribution < -0.4 is 5.32 Å². The van der Waals surface area contributed by atoms with E-state index in [1.54, 1.807) is 6.92 Å². The summed E-state index contributed by atoms with van der Waals surface area (Å²) < 4.78 is 36.1. The molecule has 0 aliphatic heterocycles. The van der Waals surface area contributed by atoms with Gasteiger partial charge >= 0.3 is 5.97 Å². The molecule has 0 bridgehead atoms. The maximum Gasteiger partial charge on any atom is 0.360 e. The largest absolute Gasteiger partial charge is 0.461 e. The minimum Gasteiger partial charge on any atom is -0.461 e. The van der Waals surface area contributed by atoms with Gasteiger partial charge in [0.1, 0.15) is 17.9 Å². The number of oxazole rings is 1. The maximum absolute atomic E-state index is 13.4. The van der Waals surface area contributed by atoms with Gasteiger partial charge in [0, 0.05) is 12.1 Å². The number of anilines is 1. The fourth-order valence-corrected chi connectivity index (χ4v) is 1.50. The summed E-state index contributed by atoms with van der Waals surface area (Å²) in [5.74, 6) is -1.69. The Morgan fingerprint density at radius 1 is 1.45 bits per heavy atom. The van der Waals surface area contributed by atoms with Crippen LogP contribution >= 0.6 is 0 Å². The van der Waals surface area contributed by atoms with Crippen molar-refractivity contribution in [2.45, 2.75) is 13.5 Å². The third-order valence-corrected chi connectivity index (χ3v) is 2.43. The van der Waals surface area contributed by atoms with Crippen LogP contribution in [0.3, 0.4) is 0 Å². The standard InChI is InChI=1S/C13H12F2N2O3/c1-2-19-12(18)11-7-20-13(17-11)16-6-8-5-9(14)3-4-10(8)15/h3-5,7H,2,6H2,1H3,(H,16,17). The third kappa shape index (κ3) is 3.31. The molecule has 5 nitrogen and oxygen atoms in total. The van der Waals surface area contributed by atoms with Gasteiger partial charge < -0.3 is 14.5 Å². The predicted octanol–water partition coefficient (Wildman–Crippen LogP) is 2.74. The van der Waals surface area contributed by atoms with Crippen LogP contribution in [0, 0.1) is 11.6 Å². The molecule has 0 amide bonds. The average Bonchev–Trinajstić information content (AvgIpc) is 2.89. The molecule has 0 spiro atoms. The summed E-state index contributed by atoms with van der Waals surface area (Å²) in [6.45, 7) is 1.87. The molecule has 0 fully saturated rings. The molecule has 0 radical (unpaired) electrons. The molecule has 2 rings (SSSR count). The van der Waals surface area contributed by atoms with Gasteiger partial charge in [0.05, 0.1) is 6.61 Å². The number of aromatic nitrogens is 1. The van der Waals surface area contributed by atoms with E-state index >= 15 is 0 Å². The number of benzene rings is 1. The summed E-state index contributed by atoms with van der Waals surface area (Å²) in [7, 11) is 0. The van der Waals surface area contributed by atoms with E-state index in [0.717, 1.165) is 24.5 Å². The monoisotopic (exact) mass is 282 g/mol. The van der Waals surface area contributed by atoms with Crippen molar-refractivity contribution in [3.63, 3.8) is 0 Å². The first-order valence-corrected chi connectivity index (χ1v) is 5.90. The van der Waals surface area contributed by atoms with E-state index in [1.165, 1.54) is 0 Å². The van der Waals surface area contributed by atoms with Gasteiger partial charge in [0.15, 0.2) is 5.69 Å². The van der Waals surface area contributed by atoms with Crippen LogP contribution in [0.1, 0.15) is 23.0 Å². The number of ether oxygens (including phenoxy) is 1. The van der Waals surface area contributed by atoms with Crippen molar-refractivity contribution in [2.75, 3.05) is 11.9 Å². The highest BCUT2D eigenvalue weighted by atomic mass is 19.1. The lowest BCUT2D eigenvalue weighted by atomic mass is 10.2. The highest BCUT2D eigenvalue weighted by molar-refractivity contribution is 5.87. The number of hydrogen-bond acceptors (Lipinski definition) is 5. The number of carbonyl (C=O) groups excluding carboxylic acids is 1. The van der Waals surface area contributed by atoms with Gasteiger partial charge in [0.25, 0.3) is 6.01 Å². The minimum atomic E-state index is -0.610. The van der Waals surface area contributed by atoms with Gasteiger partial charge in [-0.05, 0) is 25.1 Å². The second-order valence-electron chi connectivity index (χ2n) is 3.85. The highest BCUT2D eigenvalue weighted by Crippen LogP contribution is 2.13. The Labute approximate surface area is 113 Å². The summed E-state index contributed by atoms with van der Waals surface area (Å²) >= 11 is 0. The van der Waals surface area contributed by atoms with Crippen LogP contribution in [0.25, 0.3) is 0 Å². The van der Waals surface area contributed by atoms with Crippen molar-refractivity contribution >= 4 is 12.0 Å². The van der Waals surface area contributed by atoms with E-state index in [4.69, 9.17) is 9.15 Å². The lowest BCUT2D eigenvalue weighted by Crippen LogP contribution is -2.06. The summed E-state index contributed by atoms with van der Waals surface area (Å²) in [5, 5.41) is 2.65. The number of hydrogen-bond donors (Lipinski definition) is 1. The van der Waals surface area contributed by atoms with Crippen LogP contribution in [0.5, 0.6) is 0 Å². The summed E-state index contributed by atoms with van der Waals surface area (Å²) in [4.78, 5) is 15.2. The van der Waals surface area contributed by atoms with Gasteiger partial charge in [-0.25, -0.2) is 13.6 Å². The molecule has 20 heavy (non-hydrogen) atoms. The summed E-state index contributed by atoms with van der Waals surface area (Å²) in [6, 6.07) is 3.16. The van der Waals surface area contributed by atoms with Crippen molar-refractivity contribution in [3.8, 4) is 0 Å². The van der Waals surface area contributed by atoms with Gasteiger partial charge in [-0.2, -0.15) is 4.98 Å². The van der Waals surface area contributed by atoms with Crippen molar-refractivity contribution in [1.82, 2.24) is 4.98 Å². The maximum atomic E-state index is 13.4. The van der Waals surface area contributed by atoms with Crippen LogP contribution in [0.15, 0.2) is 28.9 Å². The number of esters is 1. The first-order chi connectivity index (χ1) is 9.60. The second kappa shape index (κ2) is 6.14. The lowest BCUT2D eigenvalue weighted by molar-refractivity contribution is 0.0519. The Bertz CT molecular complexity index is 613. The normalized spacial score (nSPS) is 10.3. The van der Waals surface area contributed by atoms with E-state index in [2.05, 4.69) is 10.3 Å². The van der Waals surface area contributed by atoms with Crippen LogP contribution in [-0.2, 0) is 11.3 Å². The molecule has 2 aromatic rings. The van der Waals surface area contributed by atoms with Crippen LogP contribution in [0.2, 0.25) is 0 Å². The average molecular weight is 282 g/mol. The molecule has 106 valence electrons. The SMILES string of the molecule is CCOC(=O)c1coc(NCc2cc(F)ccc2F)n1. The van der Waals surface area contributed by atoms with Crippen molar-refractivity contribution in [2.24, 2.45) is 0 Å². The fraction of sp³-hybridized carbons (Fsp3) is 0.231. The Hall–Kier alpha value is -2.44. The number of carbonyl (C=O) groups is 1. The van der Waals surface area contributed by atoms with Crippen molar-refractivity contribution < 1.29 is 22.7 Å². The van der Waals surface area contributed by atoms with Crippen molar-refractivity contribution in [1.29, 1.82) is 0 Å². The molecular formula is C13H12F2N2O3. The first kappa shape index (κ1) is 14.0. The number of rotatable bonds is 5. The molecule has 0 atom stereocenters. The number of halogens is 2. The Morgan fingerprint density at radius 3 is 3.00 bits per heavy atom. The van der Waals surface area contributed by atoms with E-state index < -0.39 is 17.6 Å². The predicted molar refractivity (Wildman–Crippen MR) is 66.1 cm³/mol. The molecule has 7 heteroatoms. The Balaban J connectivity index is 2.01. The zero-order valence-electron chi connectivity index (χ0n) is 10.7. The van der Waals surface area contributed by atoms with E-state index in [1.807, 2.05) is 0 Å². The number of nitrogens with one attached hydrogen (secondary N) is 1. The van der Waals surface area contributed by atoms with E-state index in [0.29, 0.717) is 0 Å². The smallest absolute Gasteiger partial charge is 0.360 e. The highest BCUT2D eigenvalue weighted by Gasteiger charge is 2.13. The van der Waals surface area contributed by atoms with Crippen LogP contribution in [-0.4, -0.2) is 17.6 Å². The molecule has 0 saturated heterocycles. The summed E-state index contributed by atoms with van der Waals surface area (Å²) in [5.41, 5.74) is 0.134. The molecule has 1 aromatic carbocycles. The third-order valence-electron chi connectivity index (χ3n) is 2.43. The zero-order chi connectivity index (χ0) is 14.5. The first-order valence-electron chi connectivity index (χ1n) is 5.90. The molecular weight excluding hydrogens is 270 g/mol. The lowest BCUT2D eigenvalue weighted by Gasteiger charge is -2.03. The van der Waals surface area contributed by atoms with E-state index in [9.17, 15) is 13.6 Å². The van der Waals surface area contributed by atoms with Gasteiger partial charge in [-0.3, -0.25) is 0 Å². The van der Waals surface area contributed by atoms with Crippen molar-refractivity contribution in [3.05, 3.63) is 47.4 Å². The molecule has 1 heterocycles. The molecule has 0 aliphatic rings. The Morgan fingerprint density at radius 2 is 2.25 bits per heavy atom. The van der Waals surface area contributed by atoms with Gasteiger partial charge in [-0.15, -0.1) is 0 Å². The summed E-state index contributed by atoms with van der Waals surface area (Å²) in [6.07, 6.45) is 1.13. The minimum absolute atomic E-state index is 0.00839. The molecule has 1 aromatic heterocycles.